The number of fused-ring (bicyclic) bond motifs is 1. The van der Waals surface area contributed by atoms with Crippen LogP contribution in [0.4, 0.5) is 0 Å². The topological polar surface area (TPSA) is 77.0 Å². The lowest BCUT2D eigenvalue weighted by atomic mass is 9.95. The van der Waals surface area contributed by atoms with Gasteiger partial charge >= 0.3 is 5.69 Å². The van der Waals surface area contributed by atoms with Crippen molar-refractivity contribution in [3.63, 3.8) is 0 Å². The molecular formula is C19H19N3O3. The van der Waals surface area contributed by atoms with Gasteiger partial charge in [-0.2, -0.15) is 0 Å². The molecule has 0 bridgehead atoms. The number of H-pyrrole nitrogens is 1. The van der Waals surface area contributed by atoms with Gasteiger partial charge in [-0.05, 0) is 51.0 Å². The standard InChI is InChI=1S/C19H19N3O3/c1-9-8-24-11(3)16(9)14-6-13(17-10(2)21-25-12(17)4)7-15-18(14)22(5)19(23)20-15/h6-8H,1-5H3,(H,20,23). The molecule has 0 fully saturated rings. The second kappa shape index (κ2) is 5.24. The number of rotatable bonds is 2. The predicted octanol–water partition coefficient (Wildman–Crippen LogP) is 4.02. The van der Waals surface area contributed by atoms with Gasteiger partial charge in [0.1, 0.15) is 11.5 Å². The summed E-state index contributed by atoms with van der Waals surface area (Å²) in [5.74, 6) is 1.57. The van der Waals surface area contributed by atoms with Gasteiger partial charge in [-0.15, -0.1) is 0 Å². The number of aromatic amines is 1. The summed E-state index contributed by atoms with van der Waals surface area (Å²) in [6, 6.07) is 4.05. The molecule has 0 saturated heterocycles. The summed E-state index contributed by atoms with van der Waals surface area (Å²) in [4.78, 5) is 15.1. The van der Waals surface area contributed by atoms with Gasteiger partial charge in [0.25, 0.3) is 0 Å². The minimum Gasteiger partial charge on any atom is -0.469 e. The third-order valence-electron chi connectivity index (χ3n) is 4.74. The zero-order valence-electron chi connectivity index (χ0n) is 14.9. The first-order valence-electron chi connectivity index (χ1n) is 8.09. The van der Waals surface area contributed by atoms with Crippen LogP contribution in [0.1, 0.15) is 22.8 Å². The Bertz CT molecular complexity index is 1130. The lowest BCUT2D eigenvalue weighted by Gasteiger charge is -2.10. The fourth-order valence-corrected chi connectivity index (χ4v) is 3.60. The van der Waals surface area contributed by atoms with Gasteiger partial charge in [0.05, 0.1) is 23.0 Å². The van der Waals surface area contributed by atoms with Crippen LogP contribution in [0.3, 0.4) is 0 Å². The quantitative estimate of drug-likeness (QED) is 0.599. The first-order chi connectivity index (χ1) is 11.9. The summed E-state index contributed by atoms with van der Waals surface area (Å²) in [5.41, 5.74) is 7.21. The molecular weight excluding hydrogens is 318 g/mol. The monoisotopic (exact) mass is 337 g/mol. The first kappa shape index (κ1) is 15.5. The summed E-state index contributed by atoms with van der Waals surface area (Å²) >= 11 is 0. The number of aromatic nitrogens is 3. The number of aryl methyl sites for hydroxylation is 5. The molecule has 0 aliphatic rings. The molecule has 0 spiro atoms. The molecule has 0 saturated carbocycles. The van der Waals surface area contributed by atoms with Crippen LogP contribution in [-0.4, -0.2) is 14.7 Å². The van der Waals surface area contributed by atoms with Crippen molar-refractivity contribution >= 4 is 11.0 Å². The van der Waals surface area contributed by atoms with Crippen molar-refractivity contribution in [1.29, 1.82) is 0 Å². The van der Waals surface area contributed by atoms with E-state index in [4.69, 9.17) is 8.94 Å². The Balaban J connectivity index is 2.15. The molecule has 0 unspecified atom stereocenters. The van der Waals surface area contributed by atoms with Gasteiger partial charge in [0.15, 0.2) is 0 Å². The molecule has 0 atom stereocenters. The Morgan fingerprint density at radius 2 is 1.84 bits per heavy atom. The van der Waals surface area contributed by atoms with Crippen molar-refractivity contribution in [1.82, 2.24) is 14.7 Å². The fraction of sp³-hybridized carbons (Fsp3) is 0.263. The molecule has 3 heterocycles. The van der Waals surface area contributed by atoms with E-state index in [1.54, 1.807) is 17.9 Å². The second-order valence-corrected chi connectivity index (χ2v) is 6.46. The van der Waals surface area contributed by atoms with Crippen LogP contribution in [0.25, 0.3) is 33.3 Å². The van der Waals surface area contributed by atoms with Crippen LogP contribution >= 0.6 is 0 Å². The summed E-state index contributed by atoms with van der Waals surface area (Å²) < 4.78 is 12.6. The van der Waals surface area contributed by atoms with Gasteiger partial charge in [-0.1, -0.05) is 5.16 Å². The van der Waals surface area contributed by atoms with Crippen LogP contribution in [0.2, 0.25) is 0 Å². The van der Waals surface area contributed by atoms with Gasteiger partial charge < -0.3 is 13.9 Å². The lowest BCUT2D eigenvalue weighted by molar-refractivity contribution is 0.393. The van der Waals surface area contributed by atoms with Crippen LogP contribution in [0.15, 0.2) is 32.1 Å². The van der Waals surface area contributed by atoms with Crippen LogP contribution in [-0.2, 0) is 7.05 Å². The molecule has 25 heavy (non-hydrogen) atoms. The molecule has 0 amide bonds. The average molecular weight is 337 g/mol. The summed E-state index contributed by atoms with van der Waals surface area (Å²) in [5, 5.41) is 4.05. The Kier molecular flexibility index (Phi) is 3.25. The van der Waals surface area contributed by atoms with E-state index in [2.05, 4.69) is 16.2 Å². The number of nitrogens with zero attached hydrogens (tertiary/aromatic N) is 2. The summed E-state index contributed by atoms with van der Waals surface area (Å²) in [7, 11) is 1.77. The lowest BCUT2D eigenvalue weighted by Crippen LogP contribution is -2.12. The van der Waals surface area contributed by atoms with Gasteiger partial charge in [-0.25, -0.2) is 4.79 Å². The van der Waals surface area contributed by atoms with E-state index in [0.717, 1.165) is 56.1 Å². The zero-order chi connectivity index (χ0) is 17.9. The van der Waals surface area contributed by atoms with Crippen LogP contribution in [0, 0.1) is 27.7 Å². The molecule has 4 rings (SSSR count). The normalized spacial score (nSPS) is 11.6. The highest BCUT2D eigenvalue weighted by Gasteiger charge is 2.20. The fourth-order valence-electron chi connectivity index (χ4n) is 3.60. The molecule has 0 aliphatic carbocycles. The number of benzene rings is 1. The highest BCUT2D eigenvalue weighted by molar-refractivity contribution is 5.97. The van der Waals surface area contributed by atoms with E-state index in [1.165, 1.54) is 0 Å². The molecule has 1 N–H and O–H groups in total. The molecule has 0 radical (unpaired) electrons. The number of hydrogen-bond acceptors (Lipinski definition) is 4. The molecule has 1 aromatic carbocycles. The van der Waals surface area contributed by atoms with E-state index in [0.29, 0.717) is 0 Å². The maximum atomic E-state index is 12.2. The number of nitrogens with one attached hydrogen (secondary N) is 1. The van der Waals surface area contributed by atoms with Gasteiger partial charge in [0.2, 0.25) is 0 Å². The average Bonchev–Trinajstić information content (AvgIpc) is 3.16. The van der Waals surface area contributed by atoms with E-state index in [1.807, 2.05) is 33.8 Å². The SMILES string of the molecule is Cc1coc(C)c1-c1cc(-c2c(C)noc2C)cc2[nH]c(=O)n(C)c12. The molecule has 6 nitrogen and oxygen atoms in total. The number of furan rings is 1. The molecule has 6 heteroatoms. The van der Waals surface area contributed by atoms with E-state index < -0.39 is 0 Å². The second-order valence-electron chi connectivity index (χ2n) is 6.46. The molecule has 128 valence electrons. The van der Waals surface area contributed by atoms with Crippen molar-refractivity contribution in [3.05, 3.63) is 51.7 Å². The van der Waals surface area contributed by atoms with Crippen LogP contribution < -0.4 is 5.69 Å². The largest absolute Gasteiger partial charge is 0.469 e. The zero-order valence-corrected chi connectivity index (χ0v) is 14.9. The van der Waals surface area contributed by atoms with Gasteiger partial charge in [0, 0.05) is 23.7 Å². The van der Waals surface area contributed by atoms with E-state index >= 15 is 0 Å². The molecule has 4 aromatic rings. The Labute approximate surface area is 144 Å². The number of hydrogen-bond donors (Lipinski definition) is 1. The Morgan fingerprint density at radius 1 is 1.08 bits per heavy atom. The molecule has 3 aromatic heterocycles. The third-order valence-corrected chi connectivity index (χ3v) is 4.74. The van der Waals surface area contributed by atoms with Crippen molar-refractivity contribution in [3.8, 4) is 22.3 Å². The predicted molar refractivity (Wildman–Crippen MR) is 95.7 cm³/mol. The molecule has 0 aliphatic heterocycles. The minimum atomic E-state index is -0.147. The maximum absolute atomic E-state index is 12.2. The third kappa shape index (κ3) is 2.17. The first-order valence-corrected chi connectivity index (χ1v) is 8.09. The van der Waals surface area contributed by atoms with Crippen LogP contribution in [0.5, 0.6) is 0 Å². The van der Waals surface area contributed by atoms with E-state index in [9.17, 15) is 4.79 Å². The summed E-state index contributed by atoms with van der Waals surface area (Å²) in [6.45, 7) is 7.74. The van der Waals surface area contributed by atoms with Crippen molar-refractivity contribution in [2.45, 2.75) is 27.7 Å². The Morgan fingerprint density at radius 3 is 2.44 bits per heavy atom. The van der Waals surface area contributed by atoms with Crippen molar-refractivity contribution in [2.24, 2.45) is 7.05 Å². The Hall–Kier alpha value is -3.02. The highest BCUT2D eigenvalue weighted by atomic mass is 16.5. The number of imidazole rings is 1. The van der Waals surface area contributed by atoms with Crippen molar-refractivity contribution in [2.75, 3.05) is 0 Å². The van der Waals surface area contributed by atoms with Crippen molar-refractivity contribution < 1.29 is 8.94 Å². The smallest absolute Gasteiger partial charge is 0.326 e. The van der Waals surface area contributed by atoms with E-state index in [-0.39, 0.29) is 5.69 Å². The maximum Gasteiger partial charge on any atom is 0.326 e. The van der Waals surface area contributed by atoms with Gasteiger partial charge in [-0.3, -0.25) is 4.57 Å². The minimum absolute atomic E-state index is 0.147. The highest BCUT2D eigenvalue weighted by Crippen LogP contribution is 2.38. The summed E-state index contributed by atoms with van der Waals surface area (Å²) in [6.07, 6.45) is 1.74.